The Labute approximate surface area is 102 Å². The molecule has 0 saturated carbocycles. The molecule has 1 N–H and O–H groups in total. The van der Waals surface area contributed by atoms with Crippen molar-refractivity contribution >= 4 is 0 Å². The summed E-state index contributed by atoms with van der Waals surface area (Å²) in [5.41, 5.74) is 0.638. The third kappa shape index (κ3) is 5.75. The van der Waals surface area contributed by atoms with E-state index in [4.69, 9.17) is 0 Å². The van der Waals surface area contributed by atoms with Gasteiger partial charge in [0.05, 0.1) is 0 Å². The highest BCUT2D eigenvalue weighted by atomic mass is 19.1. The van der Waals surface area contributed by atoms with Crippen LogP contribution in [0.15, 0.2) is 18.2 Å². The van der Waals surface area contributed by atoms with Crippen LogP contribution in [0.25, 0.3) is 0 Å². The van der Waals surface area contributed by atoms with E-state index in [0.29, 0.717) is 18.2 Å². The Kier molecular flexibility index (Phi) is 5.51. The van der Waals surface area contributed by atoms with Gasteiger partial charge in [0.1, 0.15) is 11.6 Å². The average Bonchev–Trinajstić information content (AvgIpc) is 2.22. The molecule has 0 amide bonds. The van der Waals surface area contributed by atoms with Crippen molar-refractivity contribution in [3.8, 4) is 0 Å². The number of benzene rings is 1. The Bertz CT molecular complexity index is 333. The number of hydrogen-bond donors (Lipinski definition) is 1. The lowest BCUT2D eigenvalue weighted by Crippen LogP contribution is -2.29. The summed E-state index contributed by atoms with van der Waals surface area (Å²) >= 11 is 0. The molecule has 0 fully saturated rings. The summed E-state index contributed by atoms with van der Waals surface area (Å²) < 4.78 is 25.9. The highest BCUT2D eigenvalue weighted by molar-refractivity contribution is 5.17. The van der Waals surface area contributed by atoms with Crippen LogP contribution in [-0.2, 0) is 6.54 Å². The minimum atomic E-state index is -0.525. The zero-order chi connectivity index (χ0) is 12.8. The Morgan fingerprint density at radius 2 is 1.76 bits per heavy atom. The van der Waals surface area contributed by atoms with E-state index in [0.717, 1.165) is 19.0 Å². The first-order chi connectivity index (χ1) is 7.97. The second-order valence-corrected chi connectivity index (χ2v) is 4.65. The second-order valence-electron chi connectivity index (χ2n) is 4.65. The van der Waals surface area contributed by atoms with Crippen LogP contribution >= 0.6 is 0 Å². The summed E-state index contributed by atoms with van der Waals surface area (Å²) in [5, 5.41) is 3.25. The number of halogens is 2. The summed E-state index contributed by atoms with van der Waals surface area (Å²) in [6.07, 6.45) is 1.00. The summed E-state index contributed by atoms with van der Waals surface area (Å²) in [5.74, 6) is -1.05. The van der Waals surface area contributed by atoms with Crippen molar-refractivity contribution in [2.24, 2.45) is 0 Å². The van der Waals surface area contributed by atoms with Crippen molar-refractivity contribution < 1.29 is 8.78 Å². The first-order valence-electron chi connectivity index (χ1n) is 5.80. The van der Waals surface area contributed by atoms with Crippen LogP contribution in [0.3, 0.4) is 0 Å². The lowest BCUT2D eigenvalue weighted by Gasteiger charge is -2.16. The maximum atomic E-state index is 12.9. The zero-order valence-electron chi connectivity index (χ0n) is 10.6. The van der Waals surface area contributed by atoms with E-state index in [2.05, 4.69) is 17.1 Å². The molecule has 1 unspecified atom stereocenters. The Morgan fingerprint density at radius 1 is 1.18 bits per heavy atom. The van der Waals surface area contributed by atoms with Gasteiger partial charge in [-0.25, -0.2) is 8.78 Å². The van der Waals surface area contributed by atoms with Gasteiger partial charge in [-0.1, -0.05) is 0 Å². The predicted molar refractivity (Wildman–Crippen MR) is 65.8 cm³/mol. The fourth-order valence-corrected chi connectivity index (χ4v) is 1.56. The fraction of sp³-hybridized carbons (Fsp3) is 0.538. The Morgan fingerprint density at radius 3 is 2.29 bits per heavy atom. The van der Waals surface area contributed by atoms with E-state index < -0.39 is 11.6 Å². The maximum Gasteiger partial charge on any atom is 0.126 e. The van der Waals surface area contributed by atoms with Crippen LogP contribution < -0.4 is 5.32 Å². The normalized spacial score (nSPS) is 13.1. The molecule has 0 heterocycles. The van der Waals surface area contributed by atoms with Crippen molar-refractivity contribution in [2.45, 2.75) is 25.9 Å². The monoisotopic (exact) mass is 242 g/mol. The van der Waals surface area contributed by atoms with E-state index in [1.54, 1.807) is 0 Å². The van der Waals surface area contributed by atoms with Gasteiger partial charge in [0.15, 0.2) is 0 Å². The zero-order valence-corrected chi connectivity index (χ0v) is 10.6. The Balaban J connectivity index is 2.39. The molecule has 1 rings (SSSR count). The van der Waals surface area contributed by atoms with Crippen molar-refractivity contribution in [3.63, 3.8) is 0 Å². The van der Waals surface area contributed by atoms with Gasteiger partial charge in [-0.3, -0.25) is 0 Å². The maximum absolute atomic E-state index is 12.9. The summed E-state index contributed by atoms with van der Waals surface area (Å²) in [6.45, 7) is 3.55. The van der Waals surface area contributed by atoms with E-state index in [1.807, 2.05) is 14.1 Å². The largest absolute Gasteiger partial charge is 0.310 e. The second kappa shape index (κ2) is 6.67. The molecule has 0 aliphatic heterocycles. The average molecular weight is 242 g/mol. The van der Waals surface area contributed by atoms with Crippen LogP contribution in [0.1, 0.15) is 18.9 Å². The standard InChI is InChI=1S/C13H20F2N2/c1-10(4-5-17(2)3)16-9-11-6-12(14)8-13(15)7-11/h6-8,10,16H,4-5,9H2,1-3H3. The molecule has 0 radical (unpaired) electrons. The minimum absolute atomic E-state index is 0.323. The molecule has 0 aliphatic carbocycles. The van der Waals surface area contributed by atoms with Crippen LogP contribution in [0.4, 0.5) is 8.78 Å². The molecule has 2 nitrogen and oxygen atoms in total. The van der Waals surface area contributed by atoms with E-state index in [9.17, 15) is 8.78 Å². The van der Waals surface area contributed by atoms with Gasteiger partial charge in [-0.2, -0.15) is 0 Å². The van der Waals surface area contributed by atoms with Crippen LogP contribution in [0.5, 0.6) is 0 Å². The lowest BCUT2D eigenvalue weighted by molar-refractivity contribution is 0.365. The van der Waals surface area contributed by atoms with Gasteiger partial charge in [0.25, 0.3) is 0 Å². The van der Waals surface area contributed by atoms with Gasteiger partial charge >= 0.3 is 0 Å². The summed E-state index contributed by atoms with van der Waals surface area (Å²) in [4.78, 5) is 2.11. The molecule has 0 saturated heterocycles. The molecule has 0 aliphatic rings. The van der Waals surface area contributed by atoms with Gasteiger partial charge in [0, 0.05) is 18.7 Å². The Hall–Kier alpha value is -1.00. The minimum Gasteiger partial charge on any atom is -0.310 e. The van der Waals surface area contributed by atoms with E-state index in [1.165, 1.54) is 12.1 Å². The quantitative estimate of drug-likeness (QED) is 0.824. The molecule has 1 aromatic rings. The van der Waals surface area contributed by atoms with Gasteiger partial charge < -0.3 is 10.2 Å². The van der Waals surface area contributed by atoms with Crippen molar-refractivity contribution in [1.82, 2.24) is 10.2 Å². The number of nitrogens with one attached hydrogen (secondary N) is 1. The van der Waals surface area contributed by atoms with E-state index in [-0.39, 0.29) is 0 Å². The molecule has 96 valence electrons. The molecule has 17 heavy (non-hydrogen) atoms. The van der Waals surface area contributed by atoms with E-state index >= 15 is 0 Å². The predicted octanol–water partition coefficient (Wildman–Crippen LogP) is 2.39. The van der Waals surface area contributed by atoms with Crippen molar-refractivity contribution in [2.75, 3.05) is 20.6 Å². The molecular weight excluding hydrogens is 222 g/mol. The number of hydrogen-bond acceptors (Lipinski definition) is 2. The van der Waals surface area contributed by atoms with Crippen LogP contribution in [-0.4, -0.2) is 31.6 Å². The highest BCUT2D eigenvalue weighted by Crippen LogP contribution is 2.08. The van der Waals surface area contributed by atoms with Crippen molar-refractivity contribution in [3.05, 3.63) is 35.4 Å². The summed E-state index contributed by atoms with van der Waals surface area (Å²) in [6, 6.07) is 3.92. The molecular formula is C13H20F2N2. The molecule has 1 atom stereocenters. The molecule has 1 aromatic carbocycles. The van der Waals surface area contributed by atoms with Crippen LogP contribution in [0, 0.1) is 11.6 Å². The number of nitrogens with zero attached hydrogens (tertiary/aromatic N) is 1. The lowest BCUT2D eigenvalue weighted by atomic mass is 10.2. The number of rotatable bonds is 6. The molecule has 0 spiro atoms. The summed E-state index contributed by atoms with van der Waals surface area (Å²) in [7, 11) is 4.04. The highest BCUT2D eigenvalue weighted by Gasteiger charge is 2.04. The molecule has 0 bridgehead atoms. The van der Waals surface area contributed by atoms with Crippen LogP contribution in [0.2, 0.25) is 0 Å². The first kappa shape index (κ1) is 14.1. The SMILES string of the molecule is CC(CCN(C)C)NCc1cc(F)cc(F)c1. The molecule has 4 heteroatoms. The molecule has 0 aromatic heterocycles. The first-order valence-corrected chi connectivity index (χ1v) is 5.80. The smallest absolute Gasteiger partial charge is 0.126 e. The van der Waals surface area contributed by atoms with Gasteiger partial charge in [-0.15, -0.1) is 0 Å². The fourth-order valence-electron chi connectivity index (χ4n) is 1.56. The van der Waals surface area contributed by atoms with Crippen molar-refractivity contribution in [1.29, 1.82) is 0 Å². The topological polar surface area (TPSA) is 15.3 Å². The van der Waals surface area contributed by atoms with Gasteiger partial charge in [-0.05, 0) is 51.7 Å². The third-order valence-corrected chi connectivity index (χ3v) is 2.59. The van der Waals surface area contributed by atoms with Gasteiger partial charge in [0.2, 0.25) is 0 Å². The third-order valence-electron chi connectivity index (χ3n) is 2.59.